The van der Waals surface area contributed by atoms with E-state index in [1.54, 1.807) is 0 Å². The molecule has 5 rings (SSSR count). The van der Waals surface area contributed by atoms with Crippen LogP contribution in [-0.2, 0) is 5.41 Å². The van der Waals surface area contributed by atoms with Crippen molar-refractivity contribution in [1.82, 2.24) is 15.5 Å². The van der Waals surface area contributed by atoms with Gasteiger partial charge in [0.15, 0.2) is 5.82 Å². The van der Waals surface area contributed by atoms with Gasteiger partial charge in [-0.15, -0.1) is 0 Å². The molecule has 0 aromatic carbocycles. The van der Waals surface area contributed by atoms with Crippen molar-refractivity contribution in [2.45, 2.75) is 70.3 Å². The highest BCUT2D eigenvalue weighted by atomic mass is 16.5. The van der Waals surface area contributed by atoms with Gasteiger partial charge >= 0.3 is 0 Å². The first-order chi connectivity index (χ1) is 10.2. The lowest BCUT2D eigenvalue weighted by Crippen LogP contribution is -2.49. The number of hydrogen-bond acceptors (Lipinski definition) is 4. The molecule has 4 nitrogen and oxygen atoms in total. The fourth-order valence-electron chi connectivity index (χ4n) is 5.46. The molecule has 1 unspecified atom stereocenters. The van der Waals surface area contributed by atoms with Crippen LogP contribution in [0.5, 0.6) is 0 Å². The van der Waals surface area contributed by atoms with E-state index in [4.69, 9.17) is 9.51 Å². The van der Waals surface area contributed by atoms with E-state index in [9.17, 15) is 0 Å². The standard InChI is InChI=1S/C17H27N3O/c1-3-4-18-11(2)15-19-16(20-21-15)17-8-12-5-13(9-17)7-14(6-12)10-17/h11-14,18H,3-10H2,1-2H3. The van der Waals surface area contributed by atoms with Crippen molar-refractivity contribution in [3.63, 3.8) is 0 Å². The summed E-state index contributed by atoms with van der Waals surface area (Å²) in [6, 6.07) is 0.167. The largest absolute Gasteiger partial charge is 0.338 e. The number of nitrogens with zero attached hydrogens (tertiary/aromatic N) is 2. The van der Waals surface area contributed by atoms with Crippen LogP contribution < -0.4 is 5.32 Å². The molecule has 0 saturated heterocycles. The smallest absolute Gasteiger partial charge is 0.243 e. The maximum atomic E-state index is 5.59. The Morgan fingerprint density at radius 1 is 1.19 bits per heavy atom. The number of nitrogens with one attached hydrogen (secondary N) is 1. The Bertz CT molecular complexity index is 475. The van der Waals surface area contributed by atoms with Gasteiger partial charge in [0.2, 0.25) is 5.89 Å². The number of aromatic nitrogens is 2. The Kier molecular flexibility index (Phi) is 3.32. The van der Waals surface area contributed by atoms with Gasteiger partial charge in [0.05, 0.1) is 6.04 Å². The summed E-state index contributed by atoms with van der Waals surface area (Å²) in [4.78, 5) is 4.81. The molecule has 4 bridgehead atoms. The normalized spacial score (nSPS) is 38.9. The third kappa shape index (κ3) is 2.32. The molecule has 116 valence electrons. The lowest BCUT2D eigenvalue weighted by molar-refractivity contribution is -0.0103. The quantitative estimate of drug-likeness (QED) is 0.900. The van der Waals surface area contributed by atoms with Gasteiger partial charge in [0.25, 0.3) is 0 Å². The Morgan fingerprint density at radius 2 is 1.81 bits per heavy atom. The molecule has 0 radical (unpaired) electrons. The van der Waals surface area contributed by atoms with E-state index < -0.39 is 0 Å². The van der Waals surface area contributed by atoms with Crippen LogP contribution in [-0.4, -0.2) is 16.7 Å². The highest BCUT2D eigenvalue weighted by Gasteiger charge is 2.53. The van der Waals surface area contributed by atoms with E-state index in [-0.39, 0.29) is 11.5 Å². The third-order valence-electron chi connectivity index (χ3n) is 6.03. The average molecular weight is 289 g/mol. The van der Waals surface area contributed by atoms with Gasteiger partial charge in [0, 0.05) is 5.41 Å². The maximum Gasteiger partial charge on any atom is 0.243 e. The predicted octanol–water partition coefficient (Wildman–Crippen LogP) is 3.60. The molecule has 4 aliphatic rings. The van der Waals surface area contributed by atoms with E-state index in [1.165, 1.54) is 38.5 Å². The molecule has 0 spiro atoms. The maximum absolute atomic E-state index is 5.59. The second-order valence-corrected chi connectivity index (χ2v) is 7.83. The van der Waals surface area contributed by atoms with Crippen molar-refractivity contribution in [3.8, 4) is 0 Å². The zero-order valence-electron chi connectivity index (χ0n) is 13.3. The Hall–Kier alpha value is -0.900. The second-order valence-electron chi connectivity index (χ2n) is 7.83. The molecule has 4 aliphatic carbocycles. The van der Waals surface area contributed by atoms with Gasteiger partial charge in [-0.25, -0.2) is 0 Å². The second kappa shape index (κ2) is 5.08. The van der Waals surface area contributed by atoms with E-state index in [0.717, 1.165) is 42.4 Å². The number of hydrogen-bond donors (Lipinski definition) is 1. The van der Waals surface area contributed by atoms with Crippen molar-refractivity contribution in [2.24, 2.45) is 17.8 Å². The first kappa shape index (κ1) is 13.7. The summed E-state index contributed by atoms with van der Waals surface area (Å²) in [7, 11) is 0. The van der Waals surface area contributed by atoms with Crippen molar-refractivity contribution in [3.05, 3.63) is 11.7 Å². The van der Waals surface area contributed by atoms with Crippen molar-refractivity contribution in [2.75, 3.05) is 6.54 Å². The molecule has 1 heterocycles. The summed E-state index contributed by atoms with van der Waals surface area (Å²) in [5.41, 5.74) is 0.251. The highest BCUT2D eigenvalue weighted by molar-refractivity contribution is 5.16. The zero-order chi connectivity index (χ0) is 14.4. The van der Waals surface area contributed by atoms with Gasteiger partial charge in [-0.1, -0.05) is 12.1 Å². The van der Waals surface area contributed by atoms with Gasteiger partial charge < -0.3 is 9.84 Å². The molecule has 1 atom stereocenters. The molecule has 1 aromatic heterocycles. The summed E-state index contributed by atoms with van der Waals surface area (Å²) in [5, 5.41) is 7.85. The minimum atomic E-state index is 0.167. The van der Waals surface area contributed by atoms with Crippen LogP contribution in [0.1, 0.15) is 76.6 Å². The molecule has 1 N–H and O–H groups in total. The predicted molar refractivity (Wildman–Crippen MR) is 80.9 cm³/mol. The molecule has 4 saturated carbocycles. The van der Waals surface area contributed by atoms with Crippen LogP contribution in [0.25, 0.3) is 0 Å². The van der Waals surface area contributed by atoms with Crippen LogP contribution in [0.15, 0.2) is 4.52 Å². The minimum absolute atomic E-state index is 0.167. The van der Waals surface area contributed by atoms with Crippen LogP contribution in [0.4, 0.5) is 0 Å². The highest BCUT2D eigenvalue weighted by Crippen LogP contribution is 2.60. The molecule has 0 amide bonds. The summed E-state index contributed by atoms with van der Waals surface area (Å²) in [6.45, 7) is 5.29. The first-order valence-electron chi connectivity index (χ1n) is 8.76. The minimum Gasteiger partial charge on any atom is -0.338 e. The molecule has 1 aromatic rings. The van der Waals surface area contributed by atoms with Crippen molar-refractivity contribution in [1.29, 1.82) is 0 Å². The Balaban J connectivity index is 1.55. The van der Waals surface area contributed by atoms with E-state index in [0.29, 0.717) is 0 Å². The van der Waals surface area contributed by atoms with E-state index in [2.05, 4.69) is 24.3 Å². The van der Waals surface area contributed by atoms with Gasteiger partial charge in [0.1, 0.15) is 0 Å². The molecular formula is C17H27N3O. The van der Waals surface area contributed by atoms with Crippen LogP contribution in [0.2, 0.25) is 0 Å². The zero-order valence-corrected chi connectivity index (χ0v) is 13.3. The molecule has 4 heteroatoms. The van der Waals surface area contributed by atoms with Crippen LogP contribution >= 0.6 is 0 Å². The molecule has 4 fully saturated rings. The lowest BCUT2D eigenvalue weighted by atomic mass is 9.49. The van der Waals surface area contributed by atoms with Crippen molar-refractivity contribution < 1.29 is 4.52 Å². The summed E-state index contributed by atoms with van der Waals surface area (Å²) in [6.07, 6.45) is 9.40. The number of rotatable bonds is 5. The average Bonchev–Trinajstić information content (AvgIpc) is 2.94. The molecule has 0 aliphatic heterocycles. The first-order valence-corrected chi connectivity index (χ1v) is 8.76. The van der Waals surface area contributed by atoms with Gasteiger partial charge in [-0.3, -0.25) is 0 Å². The monoisotopic (exact) mass is 289 g/mol. The van der Waals surface area contributed by atoms with Gasteiger partial charge in [-0.05, 0) is 76.2 Å². The Labute approximate surface area is 127 Å². The fraction of sp³-hybridized carbons (Fsp3) is 0.882. The third-order valence-corrected chi connectivity index (χ3v) is 6.03. The van der Waals surface area contributed by atoms with Crippen LogP contribution in [0, 0.1) is 17.8 Å². The fourth-order valence-corrected chi connectivity index (χ4v) is 5.46. The summed E-state index contributed by atoms with van der Waals surface area (Å²) < 4.78 is 5.59. The van der Waals surface area contributed by atoms with Crippen molar-refractivity contribution >= 4 is 0 Å². The van der Waals surface area contributed by atoms with Gasteiger partial charge in [-0.2, -0.15) is 4.98 Å². The lowest BCUT2D eigenvalue weighted by Gasteiger charge is -2.55. The van der Waals surface area contributed by atoms with E-state index in [1.807, 2.05) is 0 Å². The molecular weight excluding hydrogens is 262 g/mol. The SMILES string of the molecule is CCCNC(C)c1nc(C23CC4CC(CC(C4)C2)C3)no1. The van der Waals surface area contributed by atoms with Crippen LogP contribution in [0.3, 0.4) is 0 Å². The summed E-state index contributed by atoms with van der Waals surface area (Å²) in [5.74, 6) is 4.56. The summed E-state index contributed by atoms with van der Waals surface area (Å²) >= 11 is 0. The van der Waals surface area contributed by atoms with E-state index >= 15 is 0 Å². The topological polar surface area (TPSA) is 51.0 Å². The Morgan fingerprint density at radius 3 is 2.38 bits per heavy atom. The molecule has 21 heavy (non-hydrogen) atoms.